The lowest BCUT2D eigenvalue weighted by Crippen LogP contribution is -2.21. The number of nitrogens with zero attached hydrogens (tertiary/aromatic N) is 1. The van der Waals surface area contributed by atoms with E-state index in [9.17, 15) is 0 Å². The molecular formula is C21H33NO. The van der Waals surface area contributed by atoms with Crippen LogP contribution < -0.4 is 0 Å². The minimum absolute atomic E-state index is 0.497. The number of unbranched alkanes of at least 4 members (excludes halogenated alkanes) is 1. The number of hydrogen-bond donors (Lipinski definition) is 0. The van der Waals surface area contributed by atoms with Crippen LogP contribution in [0.3, 0.4) is 0 Å². The fourth-order valence-electron chi connectivity index (χ4n) is 3.42. The Kier molecular flexibility index (Phi) is 7.32. The molecule has 1 fully saturated rings. The lowest BCUT2D eigenvalue weighted by atomic mass is 9.82. The van der Waals surface area contributed by atoms with Crippen LogP contribution in [0.1, 0.15) is 62.5 Å². The Balaban J connectivity index is 1.83. The molecule has 0 aliphatic heterocycles. The monoisotopic (exact) mass is 315 g/mol. The lowest BCUT2D eigenvalue weighted by molar-refractivity contribution is 0.0232. The SMILES string of the molecule is C=C(CN(C)C)c1ccc(C2CCC(OCCCC)CC2)cc1. The van der Waals surface area contributed by atoms with Gasteiger partial charge in [0.15, 0.2) is 0 Å². The quantitative estimate of drug-likeness (QED) is 0.618. The van der Waals surface area contributed by atoms with Gasteiger partial charge in [-0.25, -0.2) is 0 Å². The summed E-state index contributed by atoms with van der Waals surface area (Å²) in [5.41, 5.74) is 3.94. The van der Waals surface area contributed by atoms with Crippen molar-refractivity contribution in [2.45, 2.75) is 57.5 Å². The summed E-state index contributed by atoms with van der Waals surface area (Å²) in [5.74, 6) is 0.706. The summed E-state index contributed by atoms with van der Waals surface area (Å²) in [4.78, 5) is 2.16. The topological polar surface area (TPSA) is 12.5 Å². The smallest absolute Gasteiger partial charge is 0.0575 e. The molecule has 1 aromatic carbocycles. The summed E-state index contributed by atoms with van der Waals surface area (Å²) in [7, 11) is 4.17. The summed E-state index contributed by atoms with van der Waals surface area (Å²) >= 11 is 0. The molecule has 1 aliphatic rings. The maximum atomic E-state index is 5.98. The van der Waals surface area contributed by atoms with E-state index in [-0.39, 0.29) is 0 Å². The average Bonchev–Trinajstić information content (AvgIpc) is 2.55. The second-order valence-corrected chi connectivity index (χ2v) is 7.16. The lowest BCUT2D eigenvalue weighted by Gasteiger charge is -2.29. The van der Waals surface area contributed by atoms with Crippen LogP contribution in [-0.2, 0) is 4.74 Å². The van der Waals surface area contributed by atoms with Gasteiger partial charge in [0.1, 0.15) is 0 Å². The number of benzene rings is 1. The summed E-state index contributed by atoms with van der Waals surface area (Å²) in [6.07, 6.45) is 7.85. The predicted molar refractivity (Wildman–Crippen MR) is 99.9 cm³/mol. The van der Waals surface area contributed by atoms with Crippen molar-refractivity contribution in [3.05, 3.63) is 42.0 Å². The van der Waals surface area contributed by atoms with Gasteiger partial charge in [-0.1, -0.05) is 44.2 Å². The van der Waals surface area contributed by atoms with Crippen LogP contribution in [0.25, 0.3) is 5.57 Å². The molecule has 0 spiro atoms. The molecule has 0 aromatic heterocycles. The van der Waals surface area contributed by atoms with Gasteiger partial charge in [-0.05, 0) is 68.8 Å². The largest absolute Gasteiger partial charge is 0.378 e. The highest BCUT2D eigenvalue weighted by Crippen LogP contribution is 2.34. The number of rotatable bonds is 8. The standard InChI is InChI=1S/C21H33NO/c1-5-6-15-23-21-13-11-20(12-14-21)19-9-7-18(8-10-19)17(2)16-22(3)4/h7-10,20-21H,2,5-6,11-16H2,1,3-4H3. The van der Waals surface area contributed by atoms with Gasteiger partial charge in [0.05, 0.1) is 6.10 Å². The molecule has 0 unspecified atom stereocenters. The van der Waals surface area contributed by atoms with Crippen LogP contribution in [0, 0.1) is 0 Å². The van der Waals surface area contributed by atoms with Gasteiger partial charge in [-0.2, -0.15) is 0 Å². The molecule has 23 heavy (non-hydrogen) atoms. The Morgan fingerprint density at radius 3 is 2.35 bits per heavy atom. The van der Waals surface area contributed by atoms with Crippen molar-refractivity contribution in [2.24, 2.45) is 0 Å². The van der Waals surface area contributed by atoms with Crippen LogP contribution in [0.4, 0.5) is 0 Å². The van der Waals surface area contributed by atoms with Gasteiger partial charge in [0, 0.05) is 13.2 Å². The zero-order valence-electron chi connectivity index (χ0n) is 15.2. The number of hydrogen-bond acceptors (Lipinski definition) is 2. The molecule has 0 radical (unpaired) electrons. The summed E-state index contributed by atoms with van der Waals surface area (Å²) in [5, 5.41) is 0. The van der Waals surface area contributed by atoms with Crippen LogP contribution in [-0.4, -0.2) is 38.3 Å². The van der Waals surface area contributed by atoms with E-state index in [1.807, 2.05) is 0 Å². The first-order valence-corrected chi connectivity index (χ1v) is 9.14. The Hall–Kier alpha value is -1.12. The van der Waals surface area contributed by atoms with E-state index in [2.05, 4.69) is 56.8 Å². The van der Waals surface area contributed by atoms with E-state index in [4.69, 9.17) is 4.74 Å². The maximum absolute atomic E-state index is 5.98. The molecule has 2 rings (SSSR count). The van der Waals surface area contributed by atoms with Crippen LogP contribution in [0.15, 0.2) is 30.8 Å². The predicted octanol–water partition coefficient (Wildman–Crippen LogP) is 5.10. The highest BCUT2D eigenvalue weighted by atomic mass is 16.5. The Bertz CT molecular complexity index is 469. The van der Waals surface area contributed by atoms with Gasteiger partial charge in [-0.15, -0.1) is 0 Å². The van der Waals surface area contributed by atoms with Crippen molar-refractivity contribution in [2.75, 3.05) is 27.2 Å². The molecule has 2 nitrogen and oxygen atoms in total. The second kappa shape index (κ2) is 9.24. The van der Waals surface area contributed by atoms with E-state index in [0.29, 0.717) is 12.0 Å². The number of ether oxygens (including phenoxy) is 1. The van der Waals surface area contributed by atoms with Gasteiger partial charge in [0.25, 0.3) is 0 Å². The zero-order valence-corrected chi connectivity index (χ0v) is 15.2. The first-order valence-electron chi connectivity index (χ1n) is 9.14. The molecule has 1 aromatic rings. The van der Waals surface area contributed by atoms with Crippen LogP contribution in [0.2, 0.25) is 0 Å². The fourth-order valence-corrected chi connectivity index (χ4v) is 3.42. The van der Waals surface area contributed by atoms with Crippen molar-refractivity contribution in [1.82, 2.24) is 4.90 Å². The molecule has 1 aliphatic carbocycles. The minimum atomic E-state index is 0.497. The van der Waals surface area contributed by atoms with Crippen molar-refractivity contribution in [3.63, 3.8) is 0 Å². The summed E-state index contributed by atoms with van der Waals surface area (Å²) in [6.45, 7) is 8.27. The Morgan fingerprint density at radius 1 is 1.13 bits per heavy atom. The maximum Gasteiger partial charge on any atom is 0.0575 e. The molecule has 0 bridgehead atoms. The van der Waals surface area contributed by atoms with Crippen LogP contribution in [0.5, 0.6) is 0 Å². The first kappa shape index (κ1) is 18.2. The van der Waals surface area contributed by atoms with Crippen molar-refractivity contribution in [3.8, 4) is 0 Å². The summed E-state index contributed by atoms with van der Waals surface area (Å²) in [6, 6.07) is 9.09. The fraction of sp³-hybridized carbons (Fsp3) is 0.619. The van der Waals surface area contributed by atoms with E-state index in [1.54, 1.807) is 0 Å². The molecule has 0 saturated heterocycles. The Morgan fingerprint density at radius 2 is 1.78 bits per heavy atom. The minimum Gasteiger partial charge on any atom is -0.378 e. The van der Waals surface area contributed by atoms with E-state index < -0.39 is 0 Å². The molecule has 1 saturated carbocycles. The van der Waals surface area contributed by atoms with E-state index >= 15 is 0 Å². The van der Waals surface area contributed by atoms with Crippen molar-refractivity contribution >= 4 is 5.57 Å². The van der Waals surface area contributed by atoms with Crippen molar-refractivity contribution in [1.29, 1.82) is 0 Å². The molecule has 0 amide bonds. The molecule has 0 N–H and O–H groups in total. The molecule has 0 atom stereocenters. The number of likely N-dealkylation sites (N-methyl/N-ethyl adjacent to an activating group) is 1. The van der Waals surface area contributed by atoms with Gasteiger partial charge in [-0.3, -0.25) is 0 Å². The normalized spacial score (nSPS) is 21.6. The third-order valence-corrected chi connectivity index (χ3v) is 4.82. The first-order chi connectivity index (χ1) is 11.1. The third-order valence-electron chi connectivity index (χ3n) is 4.82. The van der Waals surface area contributed by atoms with Gasteiger partial charge in [0.2, 0.25) is 0 Å². The zero-order chi connectivity index (χ0) is 16.7. The molecular weight excluding hydrogens is 282 g/mol. The average molecular weight is 316 g/mol. The van der Waals surface area contributed by atoms with E-state index in [0.717, 1.165) is 13.2 Å². The van der Waals surface area contributed by atoms with Crippen molar-refractivity contribution < 1.29 is 4.74 Å². The van der Waals surface area contributed by atoms with Crippen LogP contribution >= 0.6 is 0 Å². The second-order valence-electron chi connectivity index (χ2n) is 7.16. The van der Waals surface area contributed by atoms with Gasteiger partial charge >= 0.3 is 0 Å². The highest BCUT2D eigenvalue weighted by molar-refractivity contribution is 5.64. The van der Waals surface area contributed by atoms with E-state index in [1.165, 1.54) is 55.2 Å². The molecule has 0 heterocycles. The molecule has 128 valence electrons. The third kappa shape index (κ3) is 5.78. The molecule has 2 heteroatoms. The highest BCUT2D eigenvalue weighted by Gasteiger charge is 2.22. The Labute approximate surface area is 142 Å². The summed E-state index contributed by atoms with van der Waals surface area (Å²) < 4.78 is 5.98. The van der Waals surface area contributed by atoms with Gasteiger partial charge < -0.3 is 9.64 Å².